The Hall–Kier alpha value is -2.65. The Balaban J connectivity index is 1.18. The van der Waals surface area contributed by atoms with Gasteiger partial charge in [-0.1, -0.05) is 48.6 Å². The number of sulfonamides is 1. The number of nitrogens with one attached hydrogen (secondary N) is 1. The number of anilines is 1. The van der Waals surface area contributed by atoms with Crippen molar-refractivity contribution in [3.05, 3.63) is 83.3 Å². The first-order valence-corrected chi connectivity index (χ1v) is 17.0. The molecule has 1 saturated heterocycles. The first-order valence-electron chi connectivity index (χ1n) is 15.2. The summed E-state index contributed by atoms with van der Waals surface area (Å²) in [6, 6.07) is 18.0. The zero-order valence-electron chi connectivity index (χ0n) is 24.4. The van der Waals surface area contributed by atoms with Crippen LogP contribution in [0.1, 0.15) is 73.9 Å². The van der Waals surface area contributed by atoms with Crippen LogP contribution in [0.2, 0.25) is 5.02 Å². The van der Waals surface area contributed by atoms with Crippen LogP contribution in [0.3, 0.4) is 0 Å². The highest BCUT2D eigenvalue weighted by atomic mass is 35.5. The zero-order valence-corrected chi connectivity index (χ0v) is 26.0. The number of likely N-dealkylation sites (tertiary alicyclic amines) is 1. The average Bonchev–Trinajstić information content (AvgIpc) is 3.54. The molecule has 1 aliphatic heterocycles. The zero-order chi connectivity index (χ0) is 29.6. The number of carbonyl (C=O) groups excluding carboxylic acids is 1. The van der Waals surface area contributed by atoms with E-state index in [1.807, 2.05) is 29.2 Å². The van der Waals surface area contributed by atoms with Crippen molar-refractivity contribution in [2.75, 3.05) is 31.1 Å². The lowest BCUT2D eigenvalue weighted by atomic mass is 9.69. The fraction of sp³-hybridized carbons (Fsp3) is 0.485. The second kappa shape index (κ2) is 13.8. The van der Waals surface area contributed by atoms with E-state index in [-0.39, 0.29) is 22.3 Å². The van der Waals surface area contributed by atoms with Crippen molar-refractivity contribution >= 4 is 33.2 Å². The monoisotopic (exact) mass is 611 g/mol. The maximum atomic E-state index is 13.5. The lowest BCUT2D eigenvalue weighted by Gasteiger charge is -2.42. The number of halogens is 1. The van der Waals surface area contributed by atoms with Crippen LogP contribution in [0, 0.1) is 12.3 Å². The van der Waals surface area contributed by atoms with Crippen molar-refractivity contribution < 1.29 is 17.6 Å². The van der Waals surface area contributed by atoms with Gasteiger partial charge in [0.1, 0.15) is 0 Å². The molecule has 0 atom stereocenters. The van der Waals surface area contributed by atoms with Crippen molar-refractivity contribution in [3.63, 3.8) is 0 Å². The number of furan rings is 1. The fourth-order valence-electron chi connectivity index (χ4n) is 6.59. The van der Waals surface area contributed by atoms with Gasteiger partial charge in [-0.3, -0.25) is 4.79 Å². The highest BCUT2D eigenvalue weighted by Crippen LogP contribution is 2.42. The number of nitrogens with zero attached hydrogens (tertiary/aromatic N) is 2. The van der Waals surface area contributed by atoms with E-state index in [0.717, 1.165) is 69.4 Å². The number of carbonyl (C=O) groups is 1. The van der Waals surface area contributed by atoms with E-state index >= 15 is 0 Å². The SMILES string of the molecule is Cc1ccc(N(C(=O)c2ccco2)C2CCN(CCC3(CCNS(=O)(=O)c4ccc(Cl)cc4)CCCCC3)CC2)cc1. The normalized spacial score (nSPS) is 18.1. The summed E-state index contributed by atoms with van der Waals surface area (Å²) < 4.78 is 34.0. The summed E-state index contributed by atoms with van der Waals surface area (Å²) in [5.74, 6) is 0.272. The van der Waals surface area contributed by atoms with Crippen molar-refractivity contribution in [2.45, 2.75) is 75.6 Å². The highest BCUT2D eigenvalue weighted by molar-refractivity contribution is 7.89. The molecule has 1 N–H and O–H groups in total. The number of amides is 1. The fourth-order valence-corrected chi connectivity index (χ4v) is 7.75. The van der Waals surface area contributed by atoms with Crippen LogP contribution in [-0.4, -0.2) is 51.4 Å². The molecule has 2 heterocycles. The molecule has 2 aromatic carbocycles. The quantitative estimate of drug-likeness (QED) is 0.251. The van der Waals surface area contributed by atoms with Gasteiger partial charge in [-0.2, -0.15) is 0 Å². The van der Waals surface area contributed by atoms with Gasteiger partial charge in [0.05, 0.1) is 11.2 Å². The van der Waals surface area contributed by atoms with Gasteiger partial charge in [0.2, 0.25) is 10.0 Å². The molecule has 42 heavy (non-hydrogen) atoms. The topological polar surface area (TPSA) is 82.9 Å². The maximum absolute atomic E-state index is 13.5. The molecule has 1 aromatic heterocycles. The Kier molecular flexibility index (Phi) is 10.1. The molecular formula is C33H42ClN3O4S. The predicted octanol–water partition coefficient (Wildman–Crippen LogP) is 7.06. The summed E-state index contributed by atoms with van der Waals surface area (Å²) in [4.78, 5) is 18.2. The molecule has 5 rings (SSSR count). The molecule has 0 unspecified atom stereocenters. The first kappa shape index (κ1) is 30.8. The van der Waals surface area contributed by atoms with Gasteiger partial charge in [0.15, 0.2) is 5.76 Å². The van der Waals surface area contributed by atoms with E-state index in [9.17, 15) is 13.2 Å². The first-order chi connectivity index (χ1) is 20.2. The molecule has 0 spiro atoms. The molecule has 226 valence electrons. The van der Waals surface area contributed by atoms with Gasteiger partial charge in [-0.25, -0.2) is 13.1 Å². The molecule has 1 amide bonds. The Morgan fingerprint density at radius 2 is 1.69 bits per heavy atom. The number of hydrogen-bond donors (Lipinski definition) is 1. The van der Waals surface area contributed by atoms with E-state index in [1.165, 1.54) is 19.3 Å². The van der Waals surface area contributed by atoms with Gasteiger partial charge in [-0.05, 0) is 106 Å². The molecule has 0 radical (unpaired) electrons. The molecular weight excluding hydrogens is 570 g/mol. The van der Waals surface area contributed by atoms with Crippen molar-refractivity contribution in [1.82, 2.24) is 9.62 Å². The summed E-state index contributed by atoms with van der Waals surface area (Å²) in [7, 11) is -3.56. The Morgan fingerprint density at radius 3 is 2.33 bits per heavy atom. The van der Waals surface area contributed by atoms with E-state index in [1.54, 1.807) is 42.7 Å². The van der Waals surface area contributed by atoms with Crippen molar-refractivity contribution in [3.8, 4) is 0 Å². The van der Waals surface area contributed by atoms with Gasteiger partial charge in [0.25, 0.3) is 5.91 Å². The van der Waals surface area contributed by atoms with Crippen LogP contribution in [-0.2, 0) is 10.0 Å². The van der Waals surface area contributed by atoms with E-state index in [2.05, 4.69) is 16.5 Å². The number of hydrogen-bond acceptors (Lipinski definition) is 5. The Morgan fingerprint density at radius 1 is 1.00 bits per heavy atom. The number of benzene rings is 2. The van der Waals surface area contributed by atoms with Gasteiger partial charge < -0.3 is 14.2 Å². The molecule has 7 nitrogen and oxygen atoms in total. The van der Waals surface area contributed by atoms with Crippen LogP contribution in [0.5, 0.6) is 0 Å². The number of aryl methyl sites for hydroxylation is 1. The molecule has 1 saturated carbocycles. The molecule has 9 heteroatoms. The minimum absolute atomic E-state index is 0.0930. The standard InChI is InChI=1S/C33H42ClN3O4S/c1-26-7-11-28(12-8-26)37(32(38)31-6-5-25-41-31)29-15-22-36(23-16-29)24-20-33(17-3-2-4-18-33)19-21-35-42(39,40)30-13-9-27(34)10-14-30/h5-14,25,29,35H,2-4,15-24H2,1H3. The molecule has 0 bridgehead atoms. The largest absolute Gasteiger partial charge is 0.459 e. The van der Waals surface area contributed by atoms with Crippen LogP contribution in [0.15, 0.2) is 76.2 Å². The van der Waals surface area contributed by atoms with Gasteiger partial charge in [-0.15, -0.1) is 0 Å². The van der Waals surface area contributed by atoms with Crippen LogP contribution < -0.4 is 9.62 Å². The third kappa shape index (κ3) is 7.64. The summed E-state index contributed by atoms with van der Waals surface area (Å²) in [5, 5.41) is 0.520. The van der Waals surface area contributed by atoms with E-state index in [0.29, 0.717) is 17.3 Å². The highest BCUT2D eigenvalue weighted by Gasteiger charge is 2.35. The van der Waals surface area contributed by atoms with Crippen molar-refractivity contribution in [1.29, 1.82) is 0 Å². The van der Waals surface area contributed by atoms with Crippen LogP contribution in [0.25, 0.3) is 0 Å². The number of piperidine rings is 1. The smallest absolute Gasteiger partial charge is 0.294 e. The summed E-state index contributed by atoms with van der Waals surface area (Å²) in [6.45, 7) is 5.34. The molecule has 1 aliphatic carbocycles. The van der Waals surface area contributed by atoms with E-state index in [4.69, 9.17) is 16.0 Å². The van der Waals surface area contributed by atoms with E-state index < -0.39 is 10.0 Å². The predicted molar refractivity (Wildman–Crippen MR) is 168 cm³/mol. The Labute approximate surface area is 255 Å². The van der Waals surface area contributed by atoms with Gasteiger partial charge >= 0.3 is 0 Å². The average molecular weight is 612 g/mol. The summed E-state index contributed by atoms with van der Waals surface area (Å²) >= 11 is 5.94. The minimum Gasteiger partial charge on any atom is -0.459 e. The lowest BCUT2D eigenvalue weighted by Crippen LogP contribution is -2.48. The summed E-state index contributed by atoms with van der Waals surface area (Å²) in [5.41, 5.74) is 2.22. The third-order valence-electron chi connectivity index (χ3n) is 9.13. The van der Waals surface area contributed by atoms with Crippen LogP contribution in [0.4, 0.5) is 5.69 Å². The minimum atomic E-state index is -3.56. The lowest BCUT2D eigenvalue weighted by molar-refractivity contribution is 0.0919. The van der Waals surface area contributed by atoms with Gasteiger partial charge in [0, 0.05) is 36.4 Å². The second-order valence-electron chi connectivity index (χ2n) is 12.0. The Bertz CT molecular complexity index is 1390. The third-order valence-corrected chi connectivity index (χ3v) is 10.9. The second-order valence-corrected chi connectivity index (χ2v) is 14.2. The summed E-state index contributed by atoms with van der Waals surface area (Å²) in [6.07, 6.45) is 11.2. The maximum Gasteiger partial charge on any atom is 0.294 e. The van der Waals surface area contributed by atoms with Crippen LogP contribution >= 0.6 is 11.6 Å². The molecule has 3 aromatic rings. The number of rotatable bonds is 11. The van der Waals surface area contributed by atoms with Crippen molar-refractivity contribution in [2.24, 2.45) is 5.41 Å². The molecule has 2 fully saturated rings. The molecule has 2 aliphatic rings.